The van der Waals surface area contributed by atoms with Gasteiger partial charge in [-0.05, 0) is 42.7 Å². The number of nitrogens with zero attached hydrogens (tertiary/aromatic N) is 1. The summed E-state index contributed by atoms with van der Waals surface area (Å²) in [5.41, 5.74) is 8.68. The lowest BCUT2D eigenvalue weighted by atomic mass is 10.0. The third kappa shape index (κ3) is 4.06. The number of aryl methyl sites for hydroxylation is 2. The van der Waals surface area contributed by atoms with Crippen molar-refractivity contribution in [2.75, 3.05) is 0 Å². The molecule has 0 unspecified atom stereocenters. The molecule has 1 heterocycles. The SMILES string of the molecule is CCc1ccc(CNCc2ccc(/C(N)=N/O)cc2C)s1. The number of amidine groups is 1. The van der Waals surface area contributed by atoms with Crippen molar-refractivity contribution in [2.45, 2.75) is 33.4 Å². The molecule has 0 aliphatic carbocycles. The van der Waals surface area contributed by atoms with Crippen molar-refractivity contribution >= 4 is 17.2 Å². The van der Waals surface area contributed by atoms with Crippen molar-refractivity contribution in [2.24, 2.45) is 10.9 Å². The number of nitrogens with two attached hydrogens (primary N) is 1. The van der Waals surface area contributed by atoms with E-state index in [4.69, 9.17) is 10.9 Å². The molecule has 0 aliphatic heterocycles. The molecule has 0 spiro atoms. The number of benzene rings is 1. The van der Waals surface area contributed by atoms with Crippen LogP contribution in [0.4, 0.5) is 0 Å². The molecule has 4 N–H and O–H groups in total. The van der Waals surface area contributed by atoms with Crippen LogP contribution in [-0.2, 0) is 19.5 Å². The van der Waals surface area contributed by atoms with E-state index in [0.717, 1.165) is 30.6 Å². The van der Waals surface area contributed by atoms with Crippen molar-refractivity contribution in [3.05, 3.63) is 56.8 Å². The highest BCUT2D eigenvalue weighted by Crippen LogP contribution is 2.17. The maximum Gasteiger partial charge on any atom is 0.170 e. The number of hydrogen-bond donors (Lipinski definition) is 3. The number of hydrogen-bond acceptors (Lipinski definition) is 4. The van der Waals surface area contributed by atoms with E-state index in [0.29, 0.717) is 0 Å². The fourth-order valence-corrected chi connectivity index (χ4v) is 3.07. The van der Waals surface area contributed by atoms with E-state index in [-0.39, 0.29) is 5.84 Å². The van der Waals surface area contributed by atoms with Gasteiger partial charge in [-0.25, -0.2) is 0 Å². The summed E-state index contributed by atoms with van der Waals surface area (Å²) in [5, 5.41) is 15.2. The van der Waals surface area contributed by atoms with Gasteiger partial charge in [0.15, 0.2) is 5.84 Å². The summed E-state index contributed by atoms with van der Waals surface area (Å²) in [6.45, 7) is 5.90. The van der Waals surface area contributed by atoms with Crippen LogP contribution >= 0.6 is 11.3 Å². The van der Waals surface area contributed by atoms with Crippen LogP contribution in [0.2, 0.25) is 0 Å². The second kappa shape index (κ2) is 7.24. The molecule has 4 nitrogen and oxygen atoms in total. The van der Waals surface area contributed by atoms with Gasteiger partial charge in [0.25, 0.3) is 0 Å². The Morgan fingerprint density at radius 3 is 2.62 bits per heavy atom. The standard InChI is InChI=1S/C16H21N3OS/c1-3-14-6-7-15(21-14)10-18-9-13-5-4-12(8-11(13)2)16(17)19-20/h4-8,18,20H,3,9-10H2,1-2H3,(H2,17,19). The molecule has 0 amide bonds. The Bertz CT molecular complexity index is 634. The van der Waals surface area contributed by atoms with Gasteiger partial charge in [-0.1, -0.05) is 24.2 Å². The van der Waals surface area contributed by atoms with Crippen molar-refractivity contribution < 1.29 is 5.21 Å². The minimum absolute atomic E-state index is 0.142. The largest absolute Gasteiger partial charge is 0.409 e. The summed E-state index contributed by atoms with van der Waals surface area (Å²) >= 11 is 1.86. The first-order valence-electron chi connectivity index (χ1n) is 6.99. The van der Waals surface area contributed by atoms with E-state index in [1.165, 1.54) is 15.3 Å². The molecule has 2 rings (SSSR count). The molecule has 2 aromatic rings. The molecule has 0 aliphatic rings. The molecule has 0 atom stereocenters. The highest BCUT2D eigenvalue weighted by molar-refractivity contribution is 7.11. The lowest BCUT2D eigenvalue weighted by molar-refractivity contribution is 0.318. The zero-order chi connectivity index (χ0) is 15.2. The molecule has 0 fully saturated rings. The van der Waals surface area contributed by atoms with Crippen molar-refractivity contribution in [3.8, 4) is 0 Å². The first-order chi connectivity index (χ1) is 10.1. The minimum Gasteiger partial charge on any atom is -0.409 e. The zero-order valence-electron chi connectivity index (χ0n) is 12.4. The van der Waals surface area contributed by atoms with Crippen molar-refractivity contribution in [1.82, 2.24) is 5.32 Å². The Morgan fingerprint density at radius 2 is 2.00 bits per heavy atom. The number of thiophene rings is 1. The predicted molar refractivity (Wildman–Crippen MR) is 87.9 cm³/mol. The number of rotatable bonds is 6. The summed E-state index contributed by atoms with van der Waals surface area (Å²) in [6, 6.07) is 10.2. The van der Waals surface area contributed by atoms with Crippen LogP contribution in [0.1, 0.15) is 33.4 Å². The van der Waals surface area contributed by atoms with Gasteiger partial charge >= 0.3 is 0 Å². The van der Waals surface area contributed by atoms with Gasteiger partial charge in [0.1, 0.15) is 0 Å². The molecule has 0 bridgehead atoms. The van der Waals surface area contributed by atoms with Crippen LogP contribution in [0, 0.1) is 6.92 Å². The fraction of sp³-hybridized carbons (Fsp3) is 0.312. The lowest BCUT2D eigenvalue weighted by Gasteiger charge is -2.09. The van der Waals surface area contributed by atoms with Crippen LogP contribution in [-0.4, -0.2) is 11.0 Å². The molecule has 1 aromatic heterocycles. The third-order valence-corrected chi connectivity index (χ3v) is 4.66. The Labute approximate surface area is 129 Å². The molecule has 0 saturated heterocycles. The molecular weight excluding hydrogens is 282 g/mol. The van der Waals surface area contributed by atoms with Gasteiger partial charge in [0.2, 0.25) is 0 Å². The average Bonchev–Trinajstić information content (AvgIpc) is 2.96. The first kappa shape index (κ1) is 15.5. The summed E-state index contributed by atoms with van der Waals surface area (Å²) in [4.78, 5) is 2.78. The molecule has 21 heavy (non-hydrogen) atoms. The van der Waals surface area contributed by atoms with Crippen molar-refractivity contribution in [3.63, 3.8) is 0 Å². The lowest BCUT2D eigenvalue weighted by Crippen LogP contribution is -2.15. The zero-order valence-corrected chi connectivity index (χ0v) is 13.2. The first-order valence-corrected chi connectivity index (χ1v) is 7.81. The highest BCUT2D eigenvalue weighted by Gasteiger charge is 2.04. The molecular formula is C16H21N3OS. The average molecular weight is 303 g/mol. The molecule has 112 valence electrons. The molecule has 0 saturated carbocycles. The van der Waals surface area contributed by atoms with Crippen LogP contribution in [0.5, 0.6) is 0 Å². The maximum atomic E-state index is 8.69. The van der Waals surface area contributed by atoms with Gasteiger partial charge in [-0.15, -0.1) is 11.3 Å². The highest BCUT2D eigenvalue weighted by atomic mass is 32.1. The Hall–Kier alpha value is -1.85. The van der Waals surface area contributed by atoms with E-state index in [1.807, 2.05) is 36.5 Å². The van der Waals surface area contributed by atoms with Crippen molar-refractivity contribution in [1.29, 1.82) is 0 Å². The monoisotopic (exact) mass is 303 g/mol. The molecule has 5 heteroatoms. The van der Waals surface area contributed by atoms with Gasteiger partial charge in [0, 0.05) is 28.4 Å². The van der Waals surface area contributed by atoms with E-state index < -0.39 is 0 Å². The van der Waals surface area contributed by atoms with E-state index in [9.17, 15) is 0 Å². The third-order valence-electron chi connectivity index (χ3n) is 3.43. The van der Waals surface area contributed by atoms with Gasteiger partial charge in [0.05, 0.1) is 0 Å². The quantitative estimate of drug-likeness (QED) is 0.332. The molecule has 1 aromatic carbocycles. The van der Waals surface area contributed by atoms with E-state index >= 15 is 0 Å². The predicted octanol–water partition coefficient (Wildman–Crippen LogP) is 3.00. The topological polar surface area (TPSA) is 70.6 Å². The number of nitrogens with one attached hydrogen (secondary N) is 1. The van der Waals surface area contributed by atoms with Gasteiger partial charge in [-0.2, -0.15) is 0 Å². The maximum absolute atomic E-state index is 8.69. The smallest absolute Gasteiger partial charge is 0.170 e. The summed E-state index contributed by atoms with van der Waals surface area (Å²) in [7, 11) is 0. The molecule has 0 radical (unpaired) electrons. The van der Waals surface area contributed by atoms with E-state index in [2.05, 4.69) is 29.5 Å². The van der Waals surface area contributed by atoms with E-state index in [1.54, 1.807) is 0 Å². The fourth-order valence-electron chi connectivity index (χ4n) is 2.14. The van der Waals surface area contributed by atoms with Crippen LogP contribution in [0.3, 0.4) is 0 Å². The summed E-state index contributed by atoms with van der Waals surface area (Å²) in [6.07, 6.45) is 1.10. The van der Waals surface area contributed by atoms with Gasteiger partial charge < -0.3 is 16.3 Å². The summed E-state index contributed by atoms with van der Waals surface area (Å²) < 4.78 is 0. The van der Waals surface area contributed by atoms with Gasteiger partial charge in [-0.3, -0.25) is 0 Å². The normalized spacial score (nSPS) is 11.8. The Morgan fingerprint density at radius 1 is 1.24 bits per heavy atom. The Kier molecular flexibility index (Phi) is 5.36. The minimum atomic E-state index is 0.142. The summed E-state index contributed by atoms with van der Waals surface area (Å²) in [5.74, 6) is 0.142. The van der Waals surface area contributed by atoms with Crippen LogP contribution < -0.4 is 11.1 Å². The van der Waals surface area contributed by atoms with Crippen LogP contribution in [0.15, 0.2) is 35.5 Å². The van der Waals surface area contributed by atoms with Crippen LogP contribution in [0.25, 0.3) is 0 Å². The second-order valence-electron chi connectivity index (χ2n) is 4.95. The Balaban J connectivity index is 1.94. The second-order valence-corrected chi connectivity index (χ2v) is 6.20. The number of oxime groups is 1.